The van der Waals surface area contributed by atoms with Gasteiger partial charge in [0.2, 0.25) is 0 Å². The molecule has 2 atom stereocenters. The van der Waals surface area contributed by atoms with Gasteiger partial charge in [0.1, 0.15) is 11.4 Å². The fourth-order valence-corrected chi connectivity index (χ4v) is 2.99. The van der Waals surface area contributed by atoms with Crippen LogP contribution < -0.4 is 5.32 Å². The average molecular weight is 303 g/mol. The van der Waals surface area contributed by atoms with Gasteiger partial charge in [0, 0.05) is 18.9 Å². The highest BCUT2D eigenvalue weighted by molar-refractivity contribution is 5.86. The topological polar surface area (TPSA) is 55.4 Å². The van der Waals surface area contributed by atoms with Crippen LogP contribution in [0.2, 0.25) is 0 Å². The Hall–Kier alpha value is -1.84. The molecular formula is C18H25NO3. The second-order valence-corrected chi connectivity index (χ2v) is 6.89. The van der Waals surface area contributed by atoms with Crippen LogP contribution in [0.5, 0.6) is 0 Å². The van der Waals surface area contributed by atoms with Crippen LogP contribution >= 0.6 is 0 Å². The van der Waals surface area contributed by atoms with Crippen molar-refractivity contribution in [2.45, 2.75) is 51.6 Å². The second kappa shape index (κ2) is 6.95. The van der Waals surface area contributed by atoms with Crippen molar-refractivity contribution in [3.63, 3.8) is 0 Å². The minimum atomic E-state index is -0.509. The highest BCUT2D eigenvalue weighted by Crippen LogP contribution is 2.35. The summed E-state index contributed by atoms with van der Waals surface area (Å²) in [6.07, 6.45) is 2.05. The number of ether oxygens (including phenoxy) is 1. The van der Waals surface area contributed by atoms with Crippen LogP contribution in [0, 0.1) is 5.92 Å². The molecule has 0 unspecified atom stereocenters. The summed E-state index contributed by atoms with van der Waals surface area (Å²) in [7, 11) is 0. The molecule has 0 bridgehead atoms. The number of carbonyl (C=O) groups is 2. The summed E-state index contributed by atoms with van der Waals surface area (Å²) in [4.78, 5) is 24.1. The minimum Gasteiger partial charge on any atom is -0.444 e. The summed E-state index contributed by atoms with van der Waals surface area (Å²) >= 11 is 0. The van der Waals surface area contributed by atoms with Crippen LogP contribution in [0.3, 0.4) is 0 Å². The van der Waals surface area contributed by atoms with Gasteiger partial charge in [-0.1, -0.05) is 30.3 Å². The molecule has 1 aromatic rings. The summed E-state index contributed by atoms with van der Waals surface area (Å²) in [6.45, 7) is 5.98. The summed E-state index contributed by atoms with van der Waals surface area (Å²) in [5.74, 6) is 0.287. The Bertz CT molecular complexity index is 519. The van der Waals surface area contributed by atoms with Crippen molar-refractivity contribution >= 4 is 11.9 Å². The predicted molar refractivity (Wildman–Crippen MR) is 85.8 cm³/mol. The number of Topliss-reactive ketones (excluding diaryl/α,β-unsaturated/α-hetero) is 1. The lowest BCUT2D eigenvalue weighted by atomic mass is 9.74. The molecular weight excluding hydrogens is 278 g/mol. The second-order valence-electron chi connectivity index (χ2n) is 6.89. The zero-order valence-corrected chi connectivity index (χ0v) is 13.6. The summed E-state index contributed by atoms with van der Waals surface area (Å²) in [6, 6.07) is 9.85. The van der Waals surface area contributed by atoms with Gasteiger partial charge in [-0.2, -0.15) is 0 Å². The maximum Gasteiger partial charge on any atom is 0.407 e. The Morgan fingerprint density at radius 3 is 2.59 bits per heavy atom. The molecule has 1 aliphatic carbocycles. The van der Waals surface area contributed by atoms with Crippen molar-refractivity contribution in [3.05, 3.63) is 35.9 Å². The Morgan fingerprint density at radius 2 is 1.95 bits per heavy atom. The normalized spacial score (nSPS) is 22.2. The fourth-order valence-electron chi connectivity index (χ4n) is 2.99. The molecule has 1 amide bonds. The van der Waals surface area contributed by atoms with Gasteiger partial charge in [-0.25, -0.2) is 4.79 Å². The molecule has 4 heteroatoms. The van der Waals surface area contributed by atoms with Gasteiger partial charge in [0.25, 0.3) is 0 Å². The van der Waals surface area contributed by atoms with Crippen LogP contribution in [0.15, 0.2) is 30.3 Å². The largest absolute Gasteiger partial charge is 0.444 e. The van der Waals surface area contributed by atoms with E-state index in [9.17, 15) is 9.59 Å². The van der Waals surface area contributed by atoms with E-state index in [0.717, 1.165) is 18.4 Å². The van der Waals surface area contributed by atoms with E-state index in [1.165, 1.54) is 0 Å². The zero-order chi connectivity index (χ0) is 16.2. The van der Waals surface area contributed by atoms with Crippen molar-refractivity contribution < 1.29 is 14.3 Å². The van der Waals surface area contributed by atoms with E-state index in [2.05, 4.69) is 5.32 Å². The van der Waals surface area contributed by atoms with E-state index in [4.69, 9.17) is 4.74 Å². The zero-order valence-electron chi connectivity index (χ0n) is 13.6. The molecule has 22 heavy (non-hydrogen) atoms. The van der Waals surface area contributed by atoms with Crippen LogP contribution in [0.25, 0.3) is 0 Å². The van der Waals surface area contributed by atoms with Gasteiger partial charge < -0.3 is 10.1 Å². The number of carbonyl (C=O) groups excluding carboxylic acids is 2. The first-order chi connectivity index (χ1) is 10.4. The third-order valence-corrected chi connectivity index (χ3v) is 3.88. The van der Waals surface area contributed by atoms with E-state index >= 15 is 0 Å². The van der Waals surface area contributed by atoms with E-state index < -0.39 is 11.7 Å². The highest BCUT2D eigenvalue weighted by atomic mass is 16.6. The SMILES string of the molecule is CC(C)(C)OC(=O)NC[C@@H]1CCCC(=O)[C@@H]1c1ccccc1. The fraction of sp³-hybridized carbons (Fsp3) is 0.556. The molecule has 1 aromatic carbocycles. The Balaban J connectivity index is 2.01. The third-order valence-electron chi connectivity index (χ3n) is 3.88. The molecule has 1 aliphatic rings. The minimum absolute atomic E-state index is 0.120. The number of benzene rings is 1. The molecule has 4 nitrogen and oxygen atoms in total. The summed E-state index contributed by atoms with van der Waals surface area (Å²) in [5.41, 5.74) is 0.536. The molecule has 0 radical (unpaired) electrons. The Kier molecular flexibility index (Phi) is 5.22. The maximum absolute atomic E-state index is 12.3. The molecule has 1 fully saturated rings. The first-order valence-corrected chi connectivity index (χ1v) is 7.91. The number of hydrogen-bond donors (Lipinski definition) is 1. The first kappa shape index (κ1) is 16.5. The average Bonchev–Trinajstić information content (AvgIpc) is 2.44. The first-order valence-electron chi connectivity index (χ1n) is 7.91. The lowest BCUT2D eigenvalue weighted by Gasteiger charge is -2.31. The molecule has 120 valence electrons. The predicted octanol–water partition coefficient (Wildman–Crippen LogP) is 3.66. The number of ketones is 1. The number of hydrogen-bond acceptors (Lipinski definition) is 3. The van der Waals surface area contributed by atoms with Crippen LogP contribution in [0.1, 0.15) is 51.5 Å². The molecule has 0 saturated heterocycles. The number of nitrogens with one attached hydrogen (secondary N) is 1. The van der Waals surface area contributed by atoms with Gasteiger partial charge in [0.15, 0.2) is 0 Å². The number of alkyl carbamates (subject to hydrolysis) is 1. The van der Waals surface area contributed by atoms with Gasteiger partial charge >= 0.3 is 6.09 Å². The standard InChI is InChI=1S/C18H25NO3/c1-18(2,3)22-17(21)19-12-14-10-7-11-15(20)16(14)13-8-5-4-6-9-13/h4-6,8-9,14,16H,7,10-12H2,1-3H3,(H,19,21)/t14-,16+/m0/s1. The van der Waals surface area contributed by atoms with Crippen molar-refractivity contribution in [1.82, 2.24) is 5.32 Å². The molecule has 0 aromatic heterocycles. The molecule has 1 N–H and O–H groups in total. The molecule has 2 rings (SSSR count). The summed E-state index contributed by atoms with van der Waals surface area (Å²) < 4.78 is 5.26. The quantitative estimate of drug-likeness (QED) is 0.927. The van der Waals surface area contributed by atoms with Gasteiger partial charge in [-0.15, -0.1) is 0 Å². The number of amides is 1. The van der Waals surface area contributed by atoms with Gasteiger partial charge in [-0.05, 0) is 45.1 Å². The molecule has 0 heterocycles. The van der Waals surface area contributed by atoms with E-state index in [1.807, 2.05) is 51.1 Å². The van der Waals surface area contributed by atoms with Gasteiger partial charge in [0.05, 0.1) is 0 Å². The Morgan fingerprint density at radius 1 is 1.27 bits per heavy atom. The molecule has 1 saturated carbocycles. The summed E-state index contributed by atoms with van der Waals surface area (Å²) in [5, 5.41) is 2.82. The van der Waals surface area contributed by atoms with Crippen molar-refractivity contribution in [1.29, 1.82) is 0 Å². The van der Waals surface area contributed by atoms with Crippen LogP contribution in [-0.4, -0.2) is 24.0 Å². The smallest absolute Gasteiger partial charge is 0.407 e. The van der Waals surface area contributed by atoms with E-state index in [0.29, 0.717) is 13.0 Å². The lowest BCUT2D eigenvalue weighted by molar-refractivity contribution is -0.123. The van der Waals surface area contributed by atoms with Crippen LogP contribution in [0.4, 0.5) is 4.79 Å². The third kappa shape index (κ3) is 4.58. The van der Waals surface area contributed by atoms with Crippen molar-refractivity contribution in [2.24, 2.45) is 5.92 Å². The monoisotopic (exact) mass is 303 g/mol. The van der Waals surface area contributed by atoms with Crippen molar-refractivity contribution in [3.8, 4) is 0 Å². The Labute approximate surface area is 132 Å². The highest BCUT2D eigenvalue weighted by Gasteiger charge is 2.33. The molecule has 0 aliphatic heterocycles. The van der Waals surface area contributed by atoms with Crippen LogP contribution in [-0.2, 0) is 9.53 Å². The van der Waals surface area contributed by atoms with E-state index in [1.54, 1.807) is 0 Å². The molecule has 0 spiro atoms. The lowest BCUT2D eigenvalue weighted by Crippen LogP contribution is -2.39. The van der Waals surface area contributed by atoms with E-state index in [-0.39, 0.29) is 17.6 Å². The maximum atomic E-state index is 12.3. The van der Waals surface area contributed by atoms with Gasteiger partial charge in [-0.3, -0.25) is 4.79 Å². The van der Waals surface area contributed by atoms with Crippen molar-refractivity contribution in [2.75, 3.05) is 6.54 Å². The number of rotatable bonds is 3.